The maximum atomic E-state index is 13.6. The number of ether oxygens (including phenoxy) is 1. The molecule has 0 bridgehead atoms. The third-order valence-corrected chi connectivity index (χ3v) is 2.78. The van der Waals surface area contributed by atoms with Crippen molar-refractivity contribution in [3.05, 3.63) is 35.9 Å². The van der Waals surface area contributed by atoms with Crippen LogP contribution in [0.15, 0.2) is 30.3 Å². The predicted molar refractivity (Wildman–Crippen MR) is 58.5 cm³/mol. The minimum absolute atomic E-state index is 0.370. The number of benzene rings is 1. The summed E-state index contributed by atoms with van der Waals surface area (Å²) in [6.45, 7) is -0.554. The van der Waals surface area contributed by atoms with Gasteiger partial charge < -0.3 is 4.74 Å². The van der Waals surface area contributed by atoms with Crippen LogP contribution >= 0.6 is 12.0 Å². The van der Waals surface area contributed by atoms with Crippen molar-refractivity contribution in [3.63, 3.8) is 0 Å². The summed E-state index contributed by atoms with van der Waals surface area (Å²) in [5.41, 5.74) is 0.370. The fraction of sp³-hybridized carbons (Fsp3) is 0.300. The lowest BCUT2D eigenvalue weighted by Gasteiger charge is -2.22. The van der Waals surface area contributed by atoms with E-state index in [1.807, 2.05) is 0 Å². The Morgan fingerprint density at radius 2 is 1.80 bits per heavy atom. The Bertz CT molecular complexity index is 441. The molecule has 0 amide bonds. The number of carbonyl (C=O) groups excluding carboxylic acids is 1. The zero-order valence-corrected chi connectivity index (χ0v) is 10.4. The molecule has 1 aromatic carbocycles. The molecule has 0 aliphatic heterocycles. The van der Waals surface area contributed by atoms with Crippen molar-refractivity contribution in [1.29, 1.82) is 0 Å². The Kier molecular flexibility index (Phi) is 5.74. The summed E-state index contributed by atoms with van der Waals surface area (Å²) in [6.07, 6.45) is -5.62. The van der Waals surface area contributed by atoms with Gasteiger partial charge in [0.15, 0.2) is 0 Å². The molecule has 0 saturated carbocycles. The van der Waals surface area contributed by atoms with Crippen molar-refractivity contribution >= 4 is 18.0 Å². The molecule has 0 aliphatic rings. The smallest absolute Gasteiger partial charge is 0.446 e. The van der Waals surface area contributed by atoms with Crippen LogP contribution in [0.3, 0.4) is 0 Å². The summed E-state index contributed by atoms with van der Waals surface area (Å²) in [4.78, 5) is 11.2. The van der Waals surface area contributed by atoms with Crippen molar-refractivity contribution in [2.24, 2.45) is 0 Å². The van der Waals surface area contributed by atoms with Crippen LogP contribution < -0.4 is 0 Å². The molecular formula is C10H8F4O5S. The molecule has 112 valence electrons. The standard InChI is InChI=1S/C10H8F4O5S/c11-9(10(12,13)14,20-19-18-16)8(15)17-6-7-4-2-1-3-5-7/h1-5,16H,6H2. The van der Waals surface area contributed by atoms with E-state index in [1.54, 1.807) is 18.2 Å². The van der Waals surface area contributed by atoms with Crippen molar-refractivity contribution in [2.75, 3.05) is 0 Å². The van der Waals surface area contributed by atoms with Crippen LogP contribution in [-0.2, 0) is 25.5 Å². The van der Waals surface area contributed by atoms with Gasteiger partial charge in [-0.1, -0.05) is 35.4 Å². The summed E-state index contributed by atoms with van der Waals surface area (Å²) >= 11 is -1.06. The second kappa shape index (κ2) is 6.88. The van der Waals surface area contributed by atoms with Crippen LogP contribution in [0.25, 0.3) is 0 Å². The molecule has 5 nitrogen and oxygen atoms in total. The Hall–Kier alpha value is -1.36. The molecule has 1 atom stereocenters. The maximum Gasteiger partial charge on any atom is 0.446 e. The van der Waals surface area contributed by atoms with Crippen LogP contribution in [0.2, 0.25) is 0 Å². The molecule has 1 N–H and O–H groups in total. The fourth-order valence-corrected chi connectivity index (χ4v) is 1.42. The highest BCUT2D eigenvalue weighted by molar-refractivity contribution is 7.96. The Morgan fingerprint density at radius 3 is 2.30 bits per heavy atom. The zero-order chi connectivity index (χ0) is 15.2. The van der Waals surface area contributed by atoms with Gasteiger partial charge in [-0.2, -0.15) is 13.2 Å². The summed E-state index contributed by atoms with van der Waals surface area (Å²) in [7, 11) is 0. The first-order valence-electron chi connectivity index (χ1n) is 4.94. The fourth-order valence-electron chi connectivity index (χ4n) is 1.08. The number of hydrogen-bond donors (Lipinski definition) is 1. The van der Waals surface area contributed by atoms with Gasteiger partial charge in [-0.3, -0.25) is 0 Å². The van der Waals surface area contributed by atoms with E-state index in [-0.39, 0.29) is 0 Å². The predicted octanol–water partition coefficient (Wildman–Crippen LogP) is 3.03. The molecule has 0 saturated heterocycles. The van der Waals surface area contributed by atoms with E-state index in [9.17, 15) is 22.4 Å². The number of hydrogen-bond acceptors (Lipinski definition) is 6. The van der Waals surface area contributed by atoms with Gasteiger partial charge in [0.2, 0.25) is 0 Å². The largest absolute Gasteiger partial charge is 0.457 e. The van der Waals surface area contributed by atoms with Crippen molar-refractivity contribution in [2.45, 2.75) is 17.8 Å². The lowest BCUT2D eigenvalue weighted by molar-refractivity contribution is -0.433. The van der Waals surface area contributed by atoms with E-state index >= 15 is 0 Å². The van der Waals surface area contributed by atoms with Gasteiger partial charge in [0, 0.05) is 0 Å². The number of alkyl halides is 4. The monoisotopic (exact) mass is 316 g/mol. The van der Waals surface area contributed by atoms with Gasteiger partial charge in [0.05, 0.1) is 12.0 Å². The third kappa shape index (κ3) is 4.07. The molecular weight excluding hydrogens is 308 g/mol. The van der Waals surface area contributed by atoms with Gasteiger partial charge in [-0.25, -0.2) is 14.4 Å². The molecule has 0 radical (unpaired) electrons. The van der Waals surface area contributed by atoms with E-state index in [0.717, 1.165) is 0 Å². The lowest BCUT2D eigenvalue weighted by atomic mass is 10.2. The highest BCUT2D eigenvalue weighted by Crippen LogP contribution is 2.44. The normalized spacial score (nSPS) is 14.7. The summed E-state index contributed by atoms with van der Waals surface area (Å²) < 4.78 is 58.7. The van der Waals surface area contributed by atoms with E-state index in [4.69, 9.17) is 5.26 Å². The number of rotatable bonds is 6. The Balaban J connectivity index is 2.74. The van der Waals surface area contributed by atoms with Crippen LogP contribution in [-0.4, -0.2) is 22.4 Å². The molecule has 10 heteroatoms. The van der Waals surface area contributed by atoms with Crippen LogP contribution in [0.1, 0.15) is 5.56 Å². The van der Waals surface area contributed by atoms with E-state index < -0.39 is 35.8 Å². The van der Waals surface area contributed by atoms with Crippen molar-refractivity contribution in [3.8, 4) is 0 Å². The summed E-state index contributed by atoms with van der Waals surface area (Å²) in [5, 5.41) is 6.09. The minimum atomic E-state index is -5.62. The Labute approximate surface area is 114 Å². The highest BCUT2D eigenvalue weighted by atomic mass is 32.2. The first-order chi connectivity index (χ1) is 9.31. The van der Waals surface area contributed by atoms with Gasteiger partial charge >= 0.3 is 17.1 Å². The van der Waals surface area contributed by atoms with Crippen LogP contribution in [0.4, 0.5) is 17.6 Å². The van der Waals surface area contributed by atoms with Crippen LogP contribution in [0, 0.1) is 0 Å². The molecule has 1 unspecified atom stereocenters. The number of esters is 1. The summed E-state index contributed by atoms with van der Waals surface area (Å²) in [6, 6.07) is 7.71. The first kappa shape index (κ1) is 16.7. The molecule has 1 aromatic rings. The van der Waals surface area contributed by atoms with Crippen LogP contribution in [0.5, 0.6) is 0 Å². The van der Waals surface area contributed by atoms with E-state index in [1.165, 1.54) is 12.1 Å². The second-order valence-electron chi connectivity index (χ2n) is 3.38. The SMILES string of the molecule is O=C(OCc1ccccc1)C(F)(SOOO)C(F)(F)F. The lowest BCUT2D eigenvalue weighted by Crippen LogP contribution is -2.46. The molecule has 20 heavy (non-hydrogen) atoms. The molecule has 0 heterocycles. The Morgan fingerprint density at radius 1 is 1.20 bits per heavy atom. The average molecular weight is 316 g/mol. The first-order valence-corrected chi connectivity index (χ1v) is 5.68. The second-order valence-corrected chi connectivity index (χ2v) is 4.25. The van der Waals surface area contributed by atoms with Gasteiger partial charge in [0.25, 0.3) is 0 Å². The van der Waals surface area contributed by atoms with Gasteiger partial charge in [-0.15, -0.1) is 4.33 Å². The zero-order valence-electron chi connectivity index (χ0n) is 9.59. The van der Waals surface area contributed by atoms with Gasteiger partial charge in [-0.05, 0) is 5.56 Å². The van der Waals surface area contributed by atoms with E-state index in [0.29, 0.717) is 5.56 Å². The summed E-state index contributed by atoms with van der Waals surface area (Å²) in [5.74, 6) is -2.23. The van der Waals surface area contributed by atoms with Gasteiger partial charge in [0.1, 0.15) is 6.61 Å². The molecule has 0 spiro atoms. The molecule has 0 fully saturated rings. The topological polar surface area (TPSA) is 65.0 Å². The minimum Gasteiger partial charge on any atom is -0.457 e. The molecule has 1 rings (SSSR count). The third-order valence-electron chi connectivity index (χ3n) is 2.02. The molecule has 0 aromatic heterocycles. The average Bonchev–Trinajstić information content (AvgIpc) is 2.42. The number of carbonyl (C=O) groups is 1. The van der Waals surface area contributed by atoms with Crippen molar-refractivity contribution in [1.82, 2.24) is 0 Å². The number of halogens is 4. The van der Waals surface area contributed by atoms with E-state index in [2.05, 4.69) is 14.1 Å². The maximum absolute atomic E-state index is 13.6. The molecule has 0 aliphatic carbocycles. The highest BCUT2D eigenvalue weighted by Gasteiger charge is 2.66. The quantitative estimate of drug-likeness (QED) is 0.286. The van der Waals surface area contributed by atoms with Crippen molar-refractivity contribution < 1.29 is 41.7 Å².